The highest BCUT2D eigenvalue weighted by Crippen LogP contribution is 2.24. The Morgan fingerprint density at radius 3 is 2.71 bits per heavy atom. The van der Waals surface area contributed by atoms with E-state index in [0.29, 0.717) is 13.0 Å². The number of carboxylic acids is 1. The number of carbonyl (C=O) groups is 1. The van der Waals surface area contributed by atoms with E-state index in [1.165, 1.54) is 0 Å². The third-order valence-corrected chi connectivity index (χ3v) is 4.14. The van der Waals surface area contributed by atoms with Crippen LogP contribution in [0.4, 0.5) is 5.69 Å². The van der Waals surface area contributed by atoms with Crippen LogP contribution in [0.15, 0.2) is 36.4 Å². The third-order valence-electron chi connectivity index (χ3n) is 3.49. The van der Waals surface area contributed by atoms with E-state index in [0.717, 1.165) is 27.8 Å². The average molecular weight is 304 g/mol. The fourth-order valence-corrected chi connectivity index (χ4v) is 2.81. The molecule has 0 radical (unpaired) electrons. The topological polar surface area (TPSA) is 75.3 Å². The van der Waals surface area contributed by atoms with Gasteiger partial charge in [0, 0.05) is 17.6 Å². The quantitative estimate of drug-likeness (QED) is 0.686. The Labute approximate surface area is 128 Å². The Balaban J connectivity index is 2.16. The molecule has 0 unspecified atom stereocenters. The average Bonchev–Trinajstić information content (AvgIpc) is 2.47. The number of fused-ring (bicyclic) bond motifs is 1. The summed E-state index contributed by atoms with van der Waals surface area (Å²) >= 11 is 1.65. The molecule has 0 aromatic heterocycles. The highest BCUT2D eigenvalue weighted by atomic mass is 32.2. The van der Waals surface area contributed by atoms with Crippen molar-refractivity contribution < 1.29 is 9.90 Å². The molecule has 1 atom stereocenters. The first-order chi connectivity index (χ1) is 10.1. The standard InChI is InChI=1S/C16H20N2O2S/c1-21-9-8-15(16(19)20)18-10-11-4-2-6-13-12(11)5-3-7-14(13)17/h2-7,15,18H,8-10,17H2,1H3,(H,19,20)/t15-/m0/s1. The van der Waals surface area contributed by atoms with E-state index in [9.17, 15) is 9.90 Å². The molecule has 4 nitrogen and oxygen atoms in total. The van der Waals surface area contributed by atoms with E-state index in [1.807, 2.05) is 42.7 Å². The molecule has 0 amide bonds. The number of thioether (sulfide) groups is 1. The van der Waals surface area contributed by atoms with Gasteiger partial charge in [0.15, 0.2) is 0 Å². The molecular formula is C16H20N2O2S. The van der Waals surface area contributed by atoms with E-state index in [-0.39, 0.29) is 0 Å². The lowest BCUT2D eigenvalue weighted by atomic mass is 10.0. The molecule has 21 heavy (non-hydrogen) atoms. The molecule has 0 spiro atoms. The second-order valence-electron chi connectivity index (χ2n) is 4.91. The van der Waals surface area contributed by atoms with E-state index < -0.39 is 12.0 Å². The zero-order chi connectivity index (χ0) is 15.2. The molecule has 0 heterocycles. The smallest absolute Gasteiger partial charge is 0.320 e. The van der Waals surface area contributed by atoms with E-state index in [4.69, 9.17) is 5.73 Å². The number of aliphatic carboxylic acids is 1. The number of rotatable bonds is 7. The number of anilines is 1. The molecule has 2 aromatic carbocycles. The van der Waals surface area contributed by atoms with Gasteiger partial charge in [0.25, 0.3) is 0 Å². The highest BCUT2D eigenvalue weighted by molar-refractivity contribution is 7.98. The summed E-state index contributed by atoms with van der Waals surface area (Å²) in [6.07, 6.45) is 2.59. The van der Waals surface area contributed by atoms with Crippen LogP contribution in [0, 0.1) is 0 Å². The zero-order valence-corrected chi connectivity index (χ0v) is 12.8. The van der Waals surface area contributed by atoms with Crippen molar-refractivity contribution in [3.8, 4) is 0 Å². The normalized spacial score (nSPS) is 12.4. The first kappa shape index (κ1) is 15.7. The number of nitrogens with one attached hydrogen (secondary N) is 1. The maximum atomic E-state index is 11.3. The minimum Gasteiger partial charge on any atom is -0.480 e. The van der Waals surface area contributed by atoms with Gasteiger partial charge in [-0.1, -0.05) is 30.3 Å². The molecule has 0 fully saturated rings. The predicted molar refractivity (Wildman–Crippen MR) is 89.6 cm³/mol. The SMILES string of the molecule is CSCC[C@H](NCc1cccc2c(N)cccc12)C(=O)O. The van der Waals surface area contributed by atoms with Crippen molar-refractivity contribution >= 4 is 34.2 Å². The molecule has 112 valence electrons. The summed E-state index contributed by atoms with van der Waals surface area (Å²) in [5.74, 6) is 0.0238. The summed E-state index contributed by atoms with van der Waals surface area (Å²) in [6.45, 7) is 0.520. The van der Waals surface area contributed by atoms with Crippen LogP contribution in [0.1, 0.15) is 12.0 Å². The maximum absolute atomic E-state index is 11.3. The van der Waals surface area contributed by atoms with Gasteiger partial charge in [0.2, 0.25) is 0 Å². The molecule has 2 rings (SSSR count). The van der Waals surface area contributed by atoms with E-state index in [2.05, 4.69) is 5.32 Å². The van der Waals surface area contributed by atoms with Gasteiger partial charge in [-0.15, -0.1) is 0 Å². The second-order valence-corrected chi connectivity index (χ2v) is 5.90. The molecule has 0 saturated carbocycles. The second kappa shape index (κ2) is 7.33. The van der Waals surface area contributed by atoms with E-state index >= 15 is 0 Å². The Morgan fingerprint density at radius 1 is 1.29 bits per heavy atom. The van der Waals surface area contributed by atoms with Crippen LogP contribution in [-0.4, -0.2) is 29.1 Å². The fourth-order valence-electron chi connectivity index (χ4n) is 2.34. The highest BCUT2D eigenvalue weighted by Gasteiger charge is 2.16. The number of nitrogen functional groups attached to an aromatic ring is 1. The van der Waals surface area contributed by atoms with Crippen molar-refractivity contribution in [2.75, 3.05) is 17.7 Å². The molecule has 2 aromatic rings. The van der Waals surface area contributed by atoms with Gasteiger partial charge in [-0.2, -0.15) is 11.8 Å². The predicted octanol–water partition coefficient (Wildman–Crippen LogP) is 2.72. The van der Waals surface area contributed by atoms with Crippen LogP contribution in [0.5, 0.6) is 0 Å². The minimum absolute atomic E-state index is 0.520. The van der Waals surface area contributed by atoms with Crippen LogP contribution in [0.2, 0.25) is 0 Å². The van der Waals surface area contributed by atoms with Gasteiger partial charge in [0.1, 0.15) is 6.04 Å². The van der Waals surface area contributed by atoms with Crippen LogP contribution in [0.3, 0.4) is 0 Å². The van der Waals surface area contributed by atoms with Crippen molar-refractivity contribution in [1.82, 2.24) is 5.32 Å². The summed E-state index contributed by atoms with van der Waals surface area (Å²) < 4.78 is 0. The van der Waals surface area contributed by atoms with Crippen molar-refractivity contribution in [1.29, 1.82) is 0 Å². The number of hydrogen-bond acceptors (Lipinski definition) is 4. The summed E-state index contributed by atoms with van der Waals surface area (Å²) in [4.78, 5) is 11.3. The Bertz CT molecular complexity index is 631. The van der Waals surface area contributed by atoms with Crippen LogP contribution < -0.4 is 11.1 Å². The first-order valence-corrected chi connectivity index (χ1v) is 8.24. The van der Waals surface area contributed by atoms with Crippen LogP contribution in [-0.2, 0) is 11.3 Å². The lowest BCUT2D eigenvalue weighted by molar-refractivity contribution is -0.139. The number of nitrogens with two attached hydrogens (primary N) is 1. The minimum atomic E-state index is -0.802. The number of carboxylic acid groups (broad SMARTS) is 1. The van der Waals surface area contributed by atoms with Gasteiger partial charge < -0.3 is 16.2 Å². The molecule has 0 aliphatic rings. The summed E-state index contributed by atoms with van der Waals surface area (Å²) in [7, 11) is 0. The Kier molecular flexibility index (Phi) is 5.47. The van der Waals surface area contributed by atoms with Gasteiger partial charge in [-0.05, 0) is 35.4 Å². The molecular weight excluding hydrogens is 284 g/mol. The maximum Gasteiger partial charge on any atom is 0.320 e. The Hall–Kier alpha value is -1.72. The molecule has 4 N–H and O–H groups in total. The third kappa shape index (κ3) is 3.89. The summed E-state index contributed by atoms with van der Waals surface area (Å²) in [6, 6.07) is 11.2. The van der Waals surface area contributed by atoms with Crippen LogP contribution in [0.25, 0.3) is 10.8 Å². The number of hydrogen-bond donors (Lipinski definition) is 3. The molecule has 0 aliphatic heterocycles. The van der Waals surface area contributed by atoms with Crippen molar-refractivity contribution in [2.24, 2.45) is 0 Å². The lowest BCUT2D eigenvalue weighted by Gasteiger charge is -2.15. The largest absolute Gasteiger partial charge is 0.480 e. The fraction of sp³-hybridized carbons (Fsp3) is 0.312. The Morgan fingerprint density at radius 2 is 2.00 bits per heavy atom. The van der Waals surface area contributed by atoms with Gasteiger partial charge in [-0.3, -0.25) is 4.79 Å². The monoisotopic (exact) mass is 304 g/mol. The summed E-state index contributed by atoms with van der Waals surface area (Å²) in [5.41, 5.74) is 7.78. The number of benzene rings is 2. The van der Waals surface area contributed by atoms with Crippen molar-refractivity contribution in [3.05, 3.63) is 42.0 Å². The first-order valence-electron chi connectivity index (χ1n) is 6.84. The van der Waals surface area contributed by atoms with Gasteiger partial charge in [-0.25, -0.2) is 0 Å². The van der Waals surface area contributed by atoms with Gasteiger partial charge in [0.05, 0.1) is 0 Å². The molecule has 5 heteroatoms. The molecule has 0 saturated heterocycles. The molecule has 0 bridgehead atoms. The van der Waals surface area contributed by atoms with Crippen molar-refractivity contribution in [2.45, 2.75) is 19.0 Å². The van der Waals surface area contributed by atoms with Crippen molar-refractivity contribution in [3.63, 3.8) is 0 Å². The van der Waals surface area contributed by atoms with Crippen LogP contribution >= 0.6 is 11.8 Å². The lowest BCUT2D eigenvalue weighted by Crippen LogP contribution is -2.36. The van der Waals surface area contributed by atoms with Gasteiger partial charge >= 0.3 is 5.97 Å². The molecule has 0 aliphatic carbocycles. The van der Waals surface area contributed by atoms with E-state index in [1.54, 1.807) is 11.8 Å². The summed E-state index contributed by atoms with van der Waals surface area (Å²) in [5, 5.41) is 14.4. The zero-order valence-electron chi connectivity index (χ0n) is 12.0.